The molecule has 1 N–H and O–H groups in total. The standard InChI is InChI=1S/C17H21NO2/c1-3-4-9-20-16-7-5-14(6-8-16)17(19)15-10-13(2)11-18-12-15/h5-8,10-12,17,19H,3-4,9H2,1-2H3. The predicted octanol–water partition coefficient (Wildman–Crippen LogP) is 3.65. The van der Waals surface area contributed by atoms with Gasteiger partial charge in [0.25, 0.3) is 0 Å². The van der Waals surface area contributed by atoms with E-state index in [2.05, 4.69) is 11.9 Å². The van der Waals surface area contributed by atoms with Gasteiger partial charge in [-0.1, -0.05) is 31.5 Å². The van der Waals surface area contributed by atoms with Crippen molar-refractivity contribution in [3.05, 3.63) is 59.4 Å². The fraction of sp³-hybridized carbons (Fsp3) is 0.353. The van der Waals surface area contributed by atoms with Crippen LogP contribution in [0.15, 0.2) is 42.7 Å². The highest BCUT2D eigenvalue weighted by Gasteiger charge is 2.10. The van der Waals surface area contributed by atoms with Crippen LogP contribution < -0.4 is 4.74 Å². The summed E-state index contributed by atoms with van der Waals surface area (Å²) in [4.78, 5) is 4.11. The van der Waals surface area contributed by atoms with Crippen molar-refractivity contribution in [1.82, 2.24) is 4.98 Å². The number of aliphatic hydroxyl groups is 1. The molecule has 2 aromatic rings. The molecule has 0 amide bonds. The van der Waals surface area contributed by atoms with Crippen LogP contribution in [0, 0.1) is 6.92 Å². The van der Waals surface area contributed by atoms with Crippen molar-refractivity contribution in [2.75, 3.05) is 6.61 Å². The topological polar surface area (TPSA) is 42.4 Å². The minimum atomic E-state index is -0.646. The summed E-state index contributed by atoms with van der Waals surface area (Å²) >= 11 is 0. The molecule has 0 radical (unpaired) electrons. The molecule has 106 valence electrons. The van der Waals surface area contributed by atoms with Crippen LogP contribution in [-0.4, -0.2) is 16.7 Å². The van der Waals surface area contributed by atoms with Crippen LogP contribution in [0.3, 0.4) is 0 Å². The van der Waals surface area contributed by atoms with Gasteiger partial charge in [0, 0.05) is 18.0 Å². The van der Waals surface area contributed by atoms with Crippen molar-refractivity contribution in [3.8, 4) is 5.75 Å². The zero-order chi connectivity index (χ0) is 14.4. The predicted molar refractivity (Wildman–Crippen MR) is 79.9 cm³/mol. The average molecular weight is 271 g/mol. The lowest BCUT2D eigenvalue weighted by Crippen LogP contribution is -2.01. The Balaban J connectivity index is 2.05. The molecule has 1 unspecified atom stereocenters. The molecule has 0 aliphatic carbocycles. The Morgan fingerprint density at radius 1 is 1.15 bits per heavy atom. The quantitative estimate of drug-likeness (QED) is 0.815. The average Bonchev–Trinajstić information content (AvgIpc) is 2.47. The van der Waals surface area contributed by atoms with Gasteiger partial charge in [-0.05, 0) is 36.6 Å². The van der Waals surface area contributed by atoms with Gasteiger partial charge >= 0.3 is 0 Å². The molecule has 0 saturated carbocycles. The Kier molecular flexibility index (Phi) is 5.13. The Labute approximate surface area is 120 Å². The van der Waals surface area contributed by atoms with E-state index in [-0.39, 0.29) is 0 Å². The van der Waals surface area contributed by atoms with Crippen LogP contribution in [0.2, 0.25) is 0 Å². The number of pyridine rings is 1. The number of nitrogens with zero attached hydrogens (tertiary/aromatic N) is 1. The number of hydrogen-bond acceptors (Lipinski definition) is 3. The lowest BCUT2D eigenvalue weighted by molar-refractivity contribution is 0.219. The highest BCUT2D eigenvalue weighted by Crippen LogP contribution is 2.24. The molecular formula is C17H21NO2. The number of hydrogen-bond donors (Lipinski definition) is 1. The third-order valence-electron chi connectivity index (χ3n) is 3.17. The number of benzene rings is 1. The highest BCUT2D eigenvalue weighted by atomic mass is 16.5. The molecule has 2 rings (SSSR count). The Hall–Kier alpha value is -1.87. The fourth-order valence-electron chi connectivity index (χ4n) is 2.00. The first kappa shape index (κ1) is 14.5. The van der Waals surface area contributed by atoms with E-state index < -0.39 is 6.10 Å². The van der Waals surface area contributed by atoms with Crippen molar-refractivity contribution in [2.24, 2.45) is 0 Å². The van der Waals surface area contributed by atoms with Gasteiger partial charge in [-0.3, -0.25) is 4.98 Å². The lowest BCUT2D eigenvalue weighted by atomic mass is 10.0. The van der Waals surface area contributed by atoms with Crippen LogP contribution in [-0.2, 0) is 0 Å². The van der Waals surface area contributed by atoms with Crippen LogP contribution in [0.1, 0.15) is 42.6 Å². The van der Waals surface area contributed by atoms with Crippen molar-refractivity contribution in [3.63, 3.8) is 0 Å². The van der Waals surface area contributed by atoms with E-state index in [0.717, 1.165) is 41.9 Å². The van der Waals surface area contributed by atoms with Gasteiger partial charge in [-0.15, -0.1) is 0 Å². The summed E-state index contributed by atoms with van der Waals surface area (Å²) in [6.07, 6.45) is 5.01. The van der Waals surface area contributed by atoms with E-state index in [1.165, 1.54) is 0 Å². The van der Waals surface area contributed by atoms with E-state index in [0.29, 0.717) is 0 Å². The van der Waals surface area contributed by atoms with Crippen LogP contribution in [0.25, 0.3) is 0 Å². The monoisotopic (exact) mass is 271 g/mol. The summed E-state index contributed by atoms with van der Waals surface area (Å²) in [6, 6.07) is 9.54. The molecular weight excluding hydrogens is 250 g/mol. The maximum Gasteiger partial charge on any atom is 0.119 e. The normalized spacial score (nSPS) is 12.2. The van der Waals surface area contributed by atoms with E-state index in [9.17, 15) is 5.11 Å². The number of aryl methyl sites for hydroxylation is 1. The van der Waals surface area contributed by atoms with Crippen LogP contribution in [0.5, 0.6) is 5.75 Å². The summed E-state index contributed by atoms with van der Waals surface area (Å²) in [7, 11) is 0. The van der Waals surface area contributed by atoms with Gasteiger partial charge in [0.15, 0.2) is 0 Å². The van der Waals surface area contributed by atoms with E-state index in [4.69, 9.17) is 4.74 Å². The lowest BCUT2D eigenvalue weighted by Gasteiger charge is -2.12. The van der Waals surface area contributed by atoms with Crippen molar-refractivity contribution in [1.29, 1.82) is 0 Å². The summed E-state index contributed by atoms with van der Waals surface area (Å²) in [6.45, 7) is 4.84. The van der Waals surface area contributed by atoms with Crippen molar-refractivity contribution < 1.29 is 9.84 Å². The molecule has 0 fully saturated rings. The van der Waals surface area contributed by atoms with Gasteiger partial charge in [0.2, 0.25) is 0 Å². The second-order valence-corrected chi connectivity index (χ2v) is 4.97. The van der Waals surface area contributed by atoms with E-state index >= 15 is 0 Å². The molecule has 1 aromatic carbocycles. The Morgan fingerprint density at radius 3 is 2.55 bits per heavy atom. The molecule has 0 saturated heterocycles. The van der Waals surface area contributed by atoms with Crippen molar-refractivity contribution in [2.45, 2.75) is 32.8 Å². The minimum Gasteiger partial charge on any atom is -0.494 e. The van der Waals surface area contributed by atoms with Gasteiger partial charge < -0.3 is 9.84 Å². The SMILES string of the molecule is CCCCOc1ccc(C(O)c2cncc(C)c2)cc1. The number of ether oxygens (including phenoxy) is 1. The number of aliphatic hydroxyl groups excluding tert-OH is 1. The summed E-state index contributed by atoms with van der Waals surface area (Å²) in [5.74, 6) is 0.844. The van der Waals surface area contributed by atoms with E-state index in [1.54, 1.807) is 12.4 Å². The third kappa shape index (κ3) is 3.81. The zero-order valence-corrected chi connectivity index (χ0v) is 12.0. The Morgan fingerprint density at radius 2 is 1.90 bits per heavy atom. The van der Waals surface area contributed by atoms with Gasteiger partial charge in [0.1, 0.15) is 11.9 Å². The smallest absolute Gasteiger partial charge is 0.119 e. The second-order valence-electron chi connectivity index (χ2n) is 4.97. The first-order valence-electron chi connectivity index (χ1n) is 7.03. The zero-order valence-electron chi connectivity index (χ0n) is 12.0. The molecule has 1 aromatic heterocycles. The summed E-state index contributed by atoms with van der Waals surface area (Å²) in [5, 5.41) is 10.3. The van der Waals surface area contributed by atoms with Crippen molar-refractivity contribution >= 4 is 0 Å². The number of unbranched alkanes of at least 4 members (excludes halogenated alkanes) is 1. The molecule has 1 atom stereocenters. The maximum atomic E-state index is 10.3. The molecule has 0 aliphatic rings. The largest absolute Gasteiger partial charge is 0.494 e. The third-order valence-corrected chi connectivity index (χ3v) is 3.17. The Bertz CT molecular complexity index is 537. The van der Waals surface area contributed by atoms with Crippen LogP contribution in [0.4, 0.5) is 0 Å². The van der Waals surface area contributed by atoms with Crippen LogP contribution >= 0.6 is 0 Å². The van der Waals surface area contributed by atoms with Gasteiger partial charge in [-0.2, -0.15) is 0 Å². The molecule has 0 spiro atoms. The van der Waals surface area contributed by atoms with E-state index in [1.807, 2.05) is 37.3 Å². The minimum absolute atomic E-state index is 0.646. The molecule has 1 heterocycles. The van der Waals surface area contributed by atoms with Gasteiger partial charge in [0.05, 0.1) is 6.61 Å². The maximum absolute atomic E-state index is 10.3. The first-order chi connectivity index (χ1) is 9.70. The molecule has 20 heavy (non-hydrogen) atoms. The number of aromatic nitrogens is 1. The highest BCUT2D eigenvalue weighted by molar-refractivity contribution is 5.34. The first-order valence-corrected chi connectivity index (χ1v) is 7.03. The molecule has 0 aliphatic heterocycles. The second kappa shape index (κ2) is 7.06. The molecule has 3 heteroatoms. The molecule has 0 bridgehead atoms. The van der Waals surface area contributed by atoms with Gasteiger partial charge in [-0.25, -0.2) is 0 Å². The fourth-order valence-corrected chi connectivity index (χ4v) is 2.00. The molecule has 3 nitrogen and oxygen atoms in total. The number of rotatable bonds is 6. The summed E-state index contributed by atoms with van der Waals surface area (Å²) in [5.41, 5.74) is 2.70. The summed E-state index contributed by atoms with van der Waals surface area (Å²) < 4.78 is 5.61.